The quantitative estimate of drug-likeness (QED) is 0.631. The van der Waals surface area contributed by atoms with Crippen LogP contribution in [0.3, 0.4) is 0 Å². The van der Waals surface area contributed by atoms with Crippen LogP contribution in [-0.2, 0) is 22.4 Å². The number of carbonyl (C=O) groups is 1. The molecular weight excluding hydrogens is 388 g/mol. The molecule has 0 aliphatic heterocycles. The summed E-state index contributed by atoms with van der Waals surface area (Å²) in [6.07, 6.45) is 5.03. The lowest BCUT2D eigenvalue weighted by Gasteiger charge is -2.21. The van der Waals surface area contributed by atoms with E-state index in [1.165, 1.54) is 16.9 Å². The fourth-order valence-corrected chi connectivity index (χ4v) is 5.45. The number of carboxylic acids is 1. The highest BCUT2D eigenvalue weighted by Gasteiger charge is 2.31. The molecule has 1 aliphatic carbocycles. The topological polar surface area (TPSA) is 81.5 Å². The molecule has 3 heterocycles. The second kappa shape index (κ2) is 8.08. The van der Waals surface area contributed by atoms with Crippen LogP contribution in [-0.4, -0.2) is 34.8 Å². The number of thiophene rings is 1. The Bertz CT molecular complexity index is 1060. The van der Waals surface area contributed by atoms with Crippen LogP contribution in [0, 0.1) is 6.92 Å². The van der Waals surface area contributed by atoms with E-state index in [2.05, 4.69) is 4.98 Å². The molecule has 3 aromatic rings. The Labute approximate surface area is 173 Å². The fraction of sp³-hybridized carbons (Fsp3) is 0.409. The summed E-state index contributed by atoms with van der Waals surface area (Å²) in [6.45, 7) is 3.97. The third-order valence-corrected chi connectivity index (χ3v) is 6.57. The molecule has 1 atom stereocenters. The monoisotopic (exact) mass is 412 g/mol. The van der Waals surface area contributed by atoms with E-state index in [9.17, 15) is 9.90 Å². The zero-order valence-corrected chi connectivity index (χ0v) is 17.6. The Morgan fingerprint density at radius 2 is 2.10 bits per heavy atom. The van der Waals surface area contributed by atoms with E-state index in [4.69, 9.17) is 14.5 Å². The van der Waals surface area contributed by atoms with Gasteiger partial charge in [-0.05, 0) is 51.2 Å². The van der Waals surface area contributed by atoms with Crippen LogP contribution in [0.4, 0.5) is 0 Å². The minimum absolute atomic E-state index is 0.302. The van der Waals surface area contributed by atoms with Gasteiger partial charge in [-0.3, -0.25) is 0 Å². The van der Waals surface area contributed by atoms with E-state index in [1.54, 1.807) is 37.6 Å². The smallest absolute Gasteiger partial charge is 0.337 e. The summed E-state index contributed by atoms with van der Waals surface area (Å²) in [4.78, 5) is 23.6. The molecule has 0 spiro atoms. The van der Waals surface area contributed by atoms with E-state index in [-0.39, 0.29) is 0 Å². The van der Waals surface area contributed by atoms with Gasteiger partial charge < -0.3 is 14.6 Å². The van der Waals surface area contributed by atoms with Gasteiger partial charge >= 0.3 is 5.97 Å². The molecule has 3 aromatic heterocycles. The van der Waals surface area contributed by atoms with Crippen molar-refractivity contribution in [3.8, 4) is 17.0 Å². The highest BCUT2D eigenvalue weighted by molar-refractivity contribution is 7.19. The number of fused-ring (bicyclic) bond motifs is 3. The first kappa shape index (κ1) is 19.8. The van der Waals surface area contributed by atoms with Crippen molar-refractivity contribution in [2.45, 2.75) is 45.6 Å². The second-order valence-electron chi connectivity index (χ2n) is 7.14. The number of ether oxygens (including phenoxy) is 2. The van der Waals surface area contributed by atoms with Crippen LogP contribution >= 0.6 is 11.3 Å². The molecule has 1 aliphatic rings. The van der Waals surface area contributed by atoms with Crippen molar-refractivity contribution in [1.82, 2.24) is 9.97 Å². The van der Waals surface area contributed by atoms with Crippen molar-refractivity contribution in [2.24, 2.45) is 0 Å². The molecule has 0 unspecified atom stereocenters. The van der Waals surface area contributed by atoms with Gasteiger partial charge in [-0.1, -0.05) is 0 Å². The number of hydrogen-bond donors (Lipinski definition) is 1. The van der Waals surface area contributed by atoms with Crippen molar-refractivity contribution in [3.63, 3.8) is 0 Å². The highest BCUT2D eigenvalue weighted by Crippen LogP contribution is 2.45. The Balaban J connectivity index is 2.07. The summed E-state index contributed by atoms with van der Waals surface area (Å²) >= 11 is 1.73. The van der Waals surface area contributed by atoms with Gasteiger partial charge in [-0.25, -0.2) is 14.8 Å². The zero-order valence-electron chi connectivity index (χ0n) is 16.8. The van der Waals surface area contributed by atoms with Crippen LogP contribution in [0.5, 0.6) is 5.88 Å². The van der Waals surface area contributed by atoms with Gasteiger partial charge in [-0.15, -0.1) is 11.3 Å². The number of rotatable bonds is 6. The molecule has 0 bridgehead atoms. The van der Waals surface area contributed by atoms with E-state index in [1.807, 2.05) is 13.0 Å². The minimum Gasteiger partial charge on any atom is -0.481 e. The third kappa shape index (κ3) is 3.49. The first-order valence-electron chi connectivity index (χ1n) is 9.84. The number of aliphatic carboxylic acids is 1. The average molecular weight is 413 g/mol. The van der Waals surface area contributed by atoms with E-state index in [0.29, 0.717) is 23.7 Å². The normalized spacial score (nSPS) is 14.6. The van der Waals surface area contributed by atoms with Gasteiger partial charge in [0.2, 0.25) is 5.88 Å². The van der Waals surface area contributed by atoms with E-state index >= 15 is 0 Å². The fourth-order valence-electron chi connectivity index (χ4n) is 4.13. The molecule has 0 amide bonds. The summed E-state index contributed by atoms with van der Waals surface area (Å²) in [5.74, 6) is -0.493. The molecule has 0 saturated carbocycles. The lowest BCUT2D eigenvalue weighted by molar-refractivity contribution is -0.150. The molecule has 4 rings (SSSR count). The van der Waals surface area contributed by atoms with Crippen molar-refractivity contribution in [1.29, 1.82) is 0 Å². The summed E-state index contributed by atoms with van der Waals surface area (Å²) in [5.41, 5.74) is 4.33. The van der Waals surface area contributed by atoms with Gasteiger partial charge in [0, 0.05) is 51.5 Å². The minimum atomic E-state index is -1.08. The molecule has 6 nitrogen and oxygen atoms in total. The SMILES string of the molecule is CCO[C@H](C(=O)O)c1c(C)nc2sc3c(c2c1-c1ccc(OC)nc1)CCCC3. The van der Waals surface area contributed by atoms with Crippen LogP contribution in [0.2, 0.25) is 0 Å². The molecule has 1 N–H and O–H groups in total. The summed E-state index contributed by atoms with van der Waals surface area (Å²) in [7, 11) is 1.58. The van der Waals surface area contributed by atoms with Crippen LogP contribution in [0.15, 0.2) is 18.3 Å². The van der Waals surface area contributed by atoms with Crippen molar-refractivity contribution >= 4 is 27.5 Å². The van der Waals surface area contributed by atoms with Crippen LogP contribution in [0.1, 0.15) is 47.6 Å². The Hall–Kier alpha value is -2.51. The molecule has 0 aromatic carbocycles. The number of methoxy groups -OCH3 is 1. The molecule has 0 fully saturated rings. The Kier molecular flexibility index (Phi) is 5.52. The molecule has 29 heavy (non-hydrogen) atoms. The van der Waals surface area contributed by atoms with E-state index in [0.717, 1.165) is 40.6 Å². The van der Waals surface area contributed by atoms with Gasteiger partial charge in [-0.2, -0.15) is 0 Å². The van der Waals surface area contributed by atoms with Crippen LogP contribution < -0.4 is 4.74 Å². The molecule has 152 valence electrons. The van der Waals surface area contributed by atoms with Crippen molar-refractivity contribution < 1.29 is 19.4 Å². The average Bonchev–Trinajstić information content (AvgIpc) is 3.09. The second-order valence-corrected chi connectivity index (χ2v) is 8.22. The highest BCUT2D eigenvalue weighted by atomic mass is 32.1. The number of carboxylic acid groups (broad SMARTS) is 1. The van der Waals surface area contributed by atoms with Gasteiger partial charge in [0.15, 0.2) is 6.10 Å². The number of pyridine rings is 2. The number of aromatic nitrogens is 2. The van der Waals surface area contributed by atoms with Gasteiger partial charge in [0.1, 0.15) is 4.83 Å². The first-order chi connectivity index (χ1) is 14.0. The third-order valence-electron chi connectivity index (χ3n) is 5.39. The maximum absolute atomic E-state index is 12.1. The van der Waals surface area contributed by atoms with Crippen molar-refractivity contribution in [3.05, 3.63) is 40.0 Å². The molecule has 0 radical (unpaired) electrons. The molecule has 0 saturated heterocycles. The number of hydrogen-bond acceptors (Lipinski definition) is 6. The molecular formula is C22H24N2O4S. The summed E-state index contributed by atoms with van der Waals surface area (Å²) in [6, 6.07) is 3.73. The number of aryl methyl sites for hydroxylation is 3. The maximum Gasteiger partial charge on any atom is 0.337 e. The molecule has 7 heteroatoms. The first-order valence-corrected chi connectivity index (χ1v) is 10.7. The summed E-state index contributed by atoms with van der Waals surface area (Å²) < 4.78 is 10.9. The predicted octanol–water partition coefficient (Wildman–Crippen LogP) is 4.72. The van der Waals surface area contributed by atoms with Crippen LogP contribution in [0.25, 0.3) is 21.3 Å². The van der Waals surface area contributed by atoms with Crippen molar-refractivity contribution in [2.75, 3.05) is 13.7 Å². The van der Waals surface area contributed by atoms with Gasteiger partial charge in [0.25, 0.3) is 0 Å². The largest absolute Gasteiger partial charge is 0.481 e. The lowest BCUT2D eigenvalue weighted by atomic mass is 9.88. The number of nitrogens with zero attached hydrogens (tertiary/aromatic N) is 2. The lowest BCUT2D eigenvalue weighted by Crippen LogP contribution is -2.18. The Morgan fingerprint density at radius 1 is 1.31 bits per heavy atom. The predicted molar refractivity (Wildman–Crippen MR) is 113 cm³/mol. The van der Waals surface area contributed by atoms with Gasteiger partial charge in [0.05, 0.1) is 7.11 Å². The Morgan fingerprint density at radius 3 is 2.76 bits per heavy atom. The maximum atomic E-state index is 12.1. The van der Waals surface area contributed by atoms with E-state index < -0.39 is 12.1 Å². The summed E-state index contributed by atoms with van der Waals surface area (Å²) in [5, 5.41) is 11.0. The standard InChI is InChI=1S/C22H24N2O4S/c1-4-28-20(22(25)26)17-12(2)24-21-19(14-7-5-6-8-15(14)29-21)18(17)13-9-10-16(27-3)23-11-13/h9-11,20H,4-8H2,1-3H3,(H,25,26)/t20-/m0/s1. The zero-order chi connectivity index (χ0) is 20.5.